The van der Waals surface area contributed by atoms with Crippen molar-refractivity contribution in [3.63, 3.8) is 0 Å². The predicted octanol–water partition coefficient (Wildman–Crippen LogP) is 3.06. The Morgan fingerprint density at radius 1 is 1.17 bits per heavy atom. The summed E-state index contributed by atoms with van der Waals surface area (Å²) in [6.07, 6.45) is 0. The van der Waals surface area contributed by atoms with Crippen molar-refractivity contribution in [2.45, 2.75) is 13.5 Å². The molecule has 2 aromatic rings. The first-order valence-electron chi connectivity index (χ1n) is 5.75. The van der Waals surface area contributed by atoms with Crippen LogP contribution >= 0.6 is 0 Å². The molecule has 0 aliphatic carbocycles. The van der Waals surface area contributed by atoms with Gasteiger partial charge in [-0.25, -0.2) is 4.39 Å². The van der Waals surface area contributed by atoms with Crippen molar-refractivity contribution in [1.82, 2.24) is 5.32 Å². The molecule has 2 aromatic carbocycles. The van der Waals surface area contributed by atoms with E-state index in [-0.39, 0.29) is 11.7 Å². The van der Waals surface area contributed by atoms with Crippen molar-refractivity contribution in [3.8, 4) is 0 Å². The molecule has 0 fully saturated rings. The highest BCUT2D eigenvalue weighted by Crippen LogP contribution is 2.10. The lowest BCUT2D eigenvalue weighted by Crippen LogP contribution is -2.23. The molecule has 0 saturated carbocycles. The standard InChI is InChI=1S/C15H14FNO/c1-11-9-13(16)7-8-14(11)15(18)17-10-12-5-3-2-4-6-12/h2-9H,10H2,1H3,(H,17,18). The molecule has 0 unspecified atom stereocenters. The molecule has 0 spiro atoms. The maximum absolute atomic E-state index is 12.9. The van der Waals surface area contributed by atoms with Gasteiger partial charge in [0.2, 0.25) is 0 Å². The van der Waals surface area contributed by atoms with Gasteiger partial charge in [-0.3, -0.25) is 4.79 Å². The molecule has 92 valence electrons. The highest BCUT2D eigenvalue weighted by Gasteiger charge is 2.08. The Morgan fingerprint density at radius 3 is 2.56 bits per heavy atom. The van der Waals surface area contributed by atoms with E-state index in [1.807, 2.05) is 30.3 Å². The summed E-state index contributed by atoms with van der Waals surface area (Å²) in [5.41, 5.74) is 2.18. The minimum absolute atomic E-state index is 0.184. The second-order valence-corrected chi connectivity index (χ2v) is 4.13. The molecule has 1 amide bonds. The van der Waals surface area contributed by atoms with Crippen LogP contribution in [0.5, 0.6) is 0 Å². The van der Waals surface area contributed by atoms with E-state index in [0.717, 1.165) is 5.56 Å². The van der Waals surface area contributed by atoms with Gasteiger partial charge >= 0.3 is 0 Å². The topological polar surface area (TPSA) is 29.1 Å². The minimum Gasteiger partial charge on any atom is -0.348 e. The molecule has 2 nitrogen and oxygen atoms in total. The number of halogens is 1. The van der Waals surface area contributed by atoms with Gasteiger partial charge in [0.05, 0.1) is 0 Å². The molecule has 0 aliphatic heterocycles. The molecule has 0 aliphatic rings. The first-order chi connectivity index (χ1) is 8.66. The van der Waals surface area contributed by atoms with Crippen LogP contribution in [0.25, 0.3) is 0 Å². The van der Waals surface area contributed by atoms with Crippen LogP contribution in [0.3, 0.4) is 0 Å². The normalized spacial score (nSPS) is 10.1. The van der Waals surface area contributed by atoms with E-state index in [0.29, 0.717) is 17.7 Å². The number of carbonyl (C=O) groups excluding carboxylic acids is 1. The molecule has 2 rings (SSSR count). The van der Waals surface area contributed by atoms with Gasteiger partial charge in [0.1, 0.15) is 5.82 Å². The number of aryl methyl sites for hydroxylation is 1. The maximum Gasteiger partial charge on any atom is 0.251 e. The summed E-state index contributed by atoms with van der Waals surface area (Å²) >= 11 is 0. The number of carbonyl (C=O) groups is 1. The lowest BCUT2D eigenvalue weighted by molar-refractivity contribution is 0.0950. The zero-order chi connectivity index (χ0) is 13.0. The Balaban J connectivity index is 2.04. The Hall–Kier alpha value is -2.16. The van der Waals surface area contributed by atoms with Crippen LogP contribution < -0.4 is 5.32 Å². The van der Waals surface area contributed by atoms with Crippen LogP contribution in [0.1, 0.15) is 21.5 Å². The van der Waals surface area contributed by atoms with E-state index < -0.39 is 0 Å². The first-order valence-corrected chi connectivity index (χ1v) is 5.75. The molecule has 1 N–H and O–H groups in total. The smallest absolute Gasteiger partial charge is 0.251 e. The SMILES string of the molecule is Cc1cc(F)ccc1C(=O)NCc1ccccc1. The van der Waals surface area contributed by atoms with E-state index in [1.165, 1.54) is 18.2 Å². The molecular formula is C15H14FNO. The van der Waals surface area contributed by atoms with Crippen molar-refractivity contribution in [1.29, 1.82) is 0 Å². The molecule has 0 atom stereocenters. The summed E-state index contributed by atoms with van der Waals surface area (Å²) in [6, 6.07) is 13.8. The fourth-order valence-electron chi connectivity index (χ4n) is 1.76. The van der Waals surface area contributed by atoms with Gasteiger partial charge in [-0.15, -0.1) is 0 Å². The van der Waals surface area contributed by atoms with Crippen molar-refractivity contribution in [2.75, 3.05) is 0 Å². The molecule has 0 aromatic heterocycles. The average molecular weight is 243 g/mol. The fraction of sp³-hybridized carbons (Fsp3) is 0.133. The Labute approximate surface area is 105 Å². The first kappa shape index (κ1) is 12.3. The zero-order valence-electron chi connectivity index (χ0n) is 10.1. The third-order valence-electron chi connectivity index (χ3n) is 2.73. The van der Waals surface area contributed by atoms with Crippen molar-refractivity contribution in [3.05, 3.63) is 71.0 Å². The molecule has 3 heteroatoms. The number of nitrogens with one attached hydrogen (secondary N) is 1. The molecule has 0 saturated heterocycles. The van der Waals surface area contributed by atoms with Gasteiger partial charge in [0.15, 0.2) is 0 Å². The highest BCUT2D eigenvalue weighted by molar-refractivity contribution is 5.95. The summed E-state index contributed by atoms with van der Waals surface area (Å²) in [4.78, 5) is 11.9. The maximum atomic E-state index is 12.9. The van der Waals surface area contributed by atoms with Crippen LogP contribution in [0.2, 0.25) is 0 Å². The quantitative estimate of drug-likeness (QED) is 0.882. The zero-order valence-corrected chi connectivity index (χ0v) is 10.1. The van der Waals surface area contributed by atoms with Gasteiger partial charge in [-0.2, -0.15) is 0 Å². The highest BCUT2D eigenvalue weighted by atomic mass is 19.1. The lowest BCUT2D eigenvalue weighted by Gasteiger charge is -2.07. The summed E-state index contributed by atoms with van der Waals surface area (Å²) in [6.45, 7) is 2.19. The van der Waals surface area contributed by atoms with Crippen LogP contribution in [-0.4, -0.2) is 5.91 Å². The van der Waals surface area contributed by atoms with E-state index in [1.54, 1.807) is 6.92 Å². The Kier molecular flexibility index (Phi) is 3.72. The Morgan fingerprint density at radius 2 is 1.89 bits per heavy atom. The van der Waals surface area contributed by atoms with Crippen molar-refractivity contribution in [2.24, 2.45) is 0 Å². The molecule has 0 heterocycles. The largest absolute Gasteiger partial charge is 0.348 e. The Bertz CT molecular complexity index is 552. The fourth-order valence-corrected chi connectivity index (χ4v) is 1.76. The van der Waals surface area contributed by atoms with Crippen LogP contribution in [0, 0.1) is 12.7 Å². The second-order valence-electron chi connectivity index (χ2n) is 4.13. The van der Waals surface area contributed by atoms with Crippen LogP contribution in [-0.2, 0) is 6.54 Å². The van der Waals surface area contributed by atoms with Crippen molar-refractivity contribution < 1.29 is 9.18 Å². The van der Waals surface area contributed by atoms with Crippen LogP contribution in [0.4, 0.5) is 4.39 Å². The third kappa shape index (κ3) is 2.94. The number of benzene rings is 2. The van der Waals surface area contributed by atoms with Gasteiger partial charge in [0, 0.05) is 12.1 Å². The number of rotatable bonds is 3. The van der Waals surface area contributed by atoms with Gasteiger partial charge in [-0.05, 0) is 36.2 Å². The van der Waals surface area contributed by atoms with E-state index in [9.17, 15) is 9.18 Å². The summed E-state index contributed by atoms with van der Waals surface area (Å²) < 4.78 is 12.9. The number of hydrogen-bond donors (Lipinski definition) is 1. The average Bonchev–Trinajstić information content (AvgIpc) is 2.37. The monoisotopic (exact) mass is 243 g/mol. The molecule has 0 bridgehead atoms. The molecular weight excluding hydrogens is 229 g/mol. The minimum atomic E-state index is -0.327. The van der Waals surface area contributed by atoms with Gasteiger partial charge in [0.25, 0.3) is 5.91 Å². The van der Waals surface area contributed by atoms with E-state index in [2.05, 4.69) is 5.32 Å². The van der Waals surface area contributed by atoms with E-state index >= 15 is 0 Å². The summed E-state index contributed by atoms with van der Waals surface area (Å²) in [5.74, 6) is -0.511. The van der Waals surface area contributed by atoms with E-state index in [4.69, 9.17) is 0 Å². The lowest BCUT2D eigenvalue weighted by atomic mass is 10.1. The van der Waals surface area contributed by atoms with Crippen molar-refractivity contribution >= 4 is 5.91 Å². The molecule has 18 heavy (non-hydrogen) atoms. The summed E-state index contributed by atoms with van der Waals surface area (Å²) in [5, 5.41) is 2.81. The third-order valence-corrected chi connectivity index (χ3v) is 2.73. The second kappa shape index (κ2) is 5.45. The van der Waals surface area contributed by atoms with Gasteiger partial charge < -0.3 is 5.32 Å². The summed E-state index contributed by atoms with van der Waals surface area (Å²) in [7, 11) is 0. The number of hydrogen-bond acceptors (Lipinski definition) is 1. The predicted molar refractivity (Wildman–Crippen MR) is 68.7 cm³/mol. The number of amides is 1. The molecule has 0 radical (unpaired) electrons. The van der Waals surface area contributed by atoms with Gasteiger partial charge in [-0.1, -0.05) is 30.3 Å². The van der Waals surface area contributed by atoms with Crippen LogP contribution in [0.15, 0.2) is 48.5 Å².